The molecule has 6 nitrogen and oxygen atoms in total. The summed E-state index contributed by atoms with van der Waals surface area (Å²) in [6, 6.07) is 0. The van der Waals surface area contributed by atoms with E-state index in [0.29, 0.717) is 49.9 Å². The summed E-state index contributed by atoms with van der Waals surface area (Å²) < 4.78 is 5.49. The van der Waals surface area contributed by atoms with Crippen LogP contribution >= 0.6 is 0 Å². The fraction of sp³-hybridized carbons (Fsp3) is 0.783. The highest BCUT2D eigenvalue weighted by Gasteiger charge is 2.49. The summed E-state index contributed by atoms with van der Waals surface area (Å²) in [6.07, 6.45) is 6.19. The van der Waals surface area contributed by atoms with Crippen molar-refractivity contribution >= 4 is 17.9 Å². The molecule has 0 aliphatic heterocycles. The van der Waals surface area contributed by atoms with Crippen molar-refractivity contribution in [2.75, 3.05) is 6.61 Å². The van der Waals surface area contributed by atoms with E-state index in [-0.39, 0.29) is 12.3 Å². The minimum atomic E-state index is -1.31. The number of carboxylic acid groups (broad SMARTS) is 2. The van der Waals surface area contributed by atoms with Gasteiger partial charge in [-0.3, -0.25) is 9.59 Å². The lowest BCUT2D eigenvalue weighted by Gasteiger charge is -2.40. The van der Waals surface area contributed by atoms with E-state index in [4.69, 9.17) is 4.74 Å². The van der Waals surface area contributed by atoms with Gasteiger partial charge in [0.05, 0.1) is 17.9 Å². The van der Waals surface area contributed by atoms with Crippen LogP contribution in [0, 0.1) is 17.3 Å². The molecular formula is C23H38O6. The molecule has 0 aromatic rings. The average molecular weight is 411 g/mol. The highest BCUT2D eigenvalue weighted by molar-refractivity contribution is 5.92. The van der Waals surface area contributed by atoms with Crippen LogP contribution in [-0.4, -0.2) is 34.7 Å². The van der Waals surface area contributed by atoms with Crippen molar-refractivity contribution in [3.63, 3.8) is 0 Å². The van der Waals surface area contributed by atoms with Gasteiger partial charge in [-0.15, -0.1) is 0 Å². The zero-order chi connectivity index (χ0) is 22.0. The Hall–Kier alpha value is -1.85. The normalized spacial score (nSPS) is 22.9. The Bertz CT molecular complexity index is 606. The van der Waals surface area contributed by atoms with Gasteiger partial charge < -0.3 is 14.9 Å². The summed E-state index contributed by atoms with van der Waals surface area (Å²) >= 11 is 0. The second kappa shape index (κ2) is 12.0. The standard InChI is InChI=1S/C23H38O6/c1-5-7-8-9-13-29-21(26)18(6-2)19(14-16(3)4)23(22(27)28)12-10-11-17(15-23)20(24)25/h16-17H,5-15H2,1-4H3,(H,24,25)(H,27,28). The lowest BCUT2D eigenvalue weighted by Crippen LogP contribution is -2.41. The van der Waals surface area contributed by atoms with E-state index in [1.807, 2.05) is 20.8 Å². The maximum Gasteiger partial charge on any atom is 0.333 e. The summed E-state index contributed by atoms with van der Waals surface area (Å²) in [5, 5.41) is 19.7. The molecule has 0 bridgehead atoms. The molecule has 0 radical (unpaired) electrons. The molecule has 6 heteroatoms. The van der Waals surface area contributed by atoms with E-state index in [1.54, 1.807) is 0 Å². The lowest BCUT2D eigenvalue weighted by atomic mass is 9.62. The number of carbonyl (C=O) groups is 3. The smallest absolute Gasteiger partial charge is 0.333 e. The Kier molecular flexibility index (Phi) is 10.4. The topological polar surface area (TPSA) is 101 Å². The fourth-order valence-electron chi connectivity index (χ4n) is 4.36. The fourth-order valence-corrected chi connectivity index (χ4v) is 4.36. The first-order valence-corrected chi connectivity index (χ1v) is 11.0. The average Bonchev–Trinajstić information content (AvgIpc) is 2.67. The summed E-state index contributed by atoms with van der Waals surface area (Å²) in [5.74, 6) is -3.00. The van der Waals surface area contributed by atoms with Gasteiger partial charge >= 0.3 is 17.9 Å². The first kappa shape index (κ1) is 25.2. The van der Waals surface area contributed by atoms with Crippen molar-refractivity contribution in [2.45, 2.75) is 91.9 Å². The van der Waals surface area contributed by atoms with Gasteiger partial charge in [-0.05, 0) is 50.0 Å². The Balaban J connectivity index is 3.27. The number of rotatable bonds is 12. The van der Waals surface area contributed by atoms with E-state index in [9.17, 15) is 24.6 Å². The van der Waals surface area contributed by atoms with Crippen LogP contribution in [0.5, 0.6) is 0 Å². The van der Waals surface area contributed by atoms with Crippen molar-refractivity contribution in [1.29, 1.82) is 0 Å². The molecule has 166 valence electrons. The summed E-state index contributed by atoms with van der Waals surface area (Å²) in [6.45, 7) is 8.24. The van der Waals surface area contributed by atoms with Gasteiger partial charge in [0.1, 0.15) is 0 Å². The molecule has 0 heterocycles. The van der Waals surface area contributed by atoms with Crippen molar-refractivity contribution in [3.05, 3.63) is 11.1 Å². The first-order valence-electron chi connectivity index (χ1n) is 11.0. The van der Waals surface area contributed by atoms with Gasteiger partial charge in [0.2, 0.25) is 0 Å². The van der Waals surface area contributed by atoms with Crippen LogP contribution in [-0.2, 0) is 19.1 Å². The Morgan fingerprint density at radius 1 is 1.10 bits per heavy atom. The van der Waals surface area contributed by atoms with Crippen LogP contribution in [0.4, 0.5) is 0 Å². The molecule has 2 N–H and O–H groups in total. The van der Waals surface area contributed by atoms with Crippen LogP contribution in [0.2, 0.25) is 0 Å². The Labute approximate surface area is 174 Å². The highest BCUT2D eigenvalue weighted by atomic mass is 16.5. The first-order chi connectivity index (χ1) is 13.7. The van der Waals surface area contributed by atoms with E-state index in [0.717, 1.165) is 25.7 Å². The third-order valence-corrected chi connectivity index (χ3v) is 5.89. The maximum absolute atomic E-state index is 12.9. The molecular weight excluding hydrogens is 372 g/mol. The monoisotopic (exact) mass is 410 g/mol. The predicted octanol–water partition coefficient (Wildman–Crippen LogP) is 5.21. The maximum atomic E-state index is 12.9. The highest BCUT2D eigenvalue weighted by Crippen LogP contribution is 2.49. The molecule has 2 unspecified atom stereocenters. The van der Waals surface area contributed by atoms with Gasteiger partial charge in [0.25, 0.3) is 0 Å². The van der Waals surface area contributed by atoms with Crippen molar-refractivity contribution in [2.24, 2.45) is 17.3 Å². The number of hydrogen-bond donors (Lipinski definition) is 2. The molecule has 1 saturated carbocycles. The Morgan fingerprint density at radius 2 is 1.79 bits per heavy atom. The van der Waals surface area contributed by atoms with Crippen molar-refractivity contribution < 1.29 is 29.3 Å². The zero-order valence-corrected chi connectivity index (χ0v) is 18.5. The molecule has 0 aromatic carbocycles. The second-order valence-corrected chi connectivity index (χ2v) is 8.62. The molecule has 0 spiro atoms. The number of esters is 1. The minimum Gasteiger partial charge on any atom is -0.481 e. The van der Waals surface area contributed by atoms with E-state index in [2.05, 4.69) is 6.92 Å². The van der Waals surface area contributed by atoms with Gasteiger partial charge in [0.15, 0.2) is 0 Å². The molecule has 0 saturated heterocycles. The third kappa shape index (κ3) is 6.86. The van der Waals surface area contributed by atoms with Crippen LogP contribution in [0.1, 0.15) is 91.9 Å². The summed E-state index contributed by atoms with van der Waals surface area (Å²) in [4.78, 5) is 36.9. The molecule has 1 aliphatic carbocycles. The third-order valence-electron chi connectivity index (χ3n) is 5.89. The quantitative estimate of drug-likeness (QED) is 0.260. The van der Waals surface area contributed by atoms with E-state index in [1.165, 1.54) is 0 Å². The number of aliphatic carboxylic acids is 2. The van der Waals surface area contributed by atoms with E-state index < -0.39 is 29.2 Å². The second-order valence-electron chi connectivity index (χ2n) is 8.62. The van der Waals surface area contributed by atoms with Gasteiger partial charge in [-0.2, -0.15) is 0 Å². The molecule has 0 amide bonds. The van der Waals surface area contributed by atoms with E-state index >= 15 is 0 Å². The van der Waals surface area contributed by atoms with Crippen LogP contribution in [0.15, 0.2) is 11.1 Å². The zero-order valence-electron chi connectivity index (χ0n) is 18.5. The van der Waals surface area contributed by atoms with Crippen molar-refractivity contribution in [3.8, 4) is 0 Å². The molecule has 1 aliphatic rings. The van der Waals surface area contributed by atoms with Crippen LogP contribution < -0.4 is 0 Å². The lowest BCUT2D eigenvalue weighted by molar-refractivity contribution is -0.153. The van der Waals surface area contributed by atoms with Gasteiger partial charge in [-0.1, -0.05) is 53.4 Å². The Morgan fingerprint density at radius 3 is 2.31 bits per heavy atom. The molecule has 2 atom stereocenters. The molecule has 1 fully saturated rings. The molecule has 1 rings (SSSR count). The predicted molar refractivity (Wildman–Crippen MR) is 112 cm³/mol. The van der Waals surface area contributed by atoms with Crippen LogP contribution in [0.25, 0.3) is 0 Å². The largest absolute Gasteiger partial charge is 0.481 e. The number of carboxylic acids is 2. The number of carbonyl (C=O) groups excluding carboxylic acids is 1. The van der Waals surface area contributed by atoms with Crippen LogP contribution in [0.3, 0.4) is 0 Å². The van der Waals surface area contributed by atoms with Crippen molar-refractivity contribution in [1.82, 2.24) is 0 Å². The minimum absolute atomic E-state index is 0.0347. The SMILES string of the molecule is CCCCCCOC(=O)C(CC)=C(CC(C)C)C1(C(=O)O)CCCC(C(=O)O)C1. The van der Waals surface area contributed by atoms with Gasteiger partial charge in [0, 0.05) is 5.57 Å². The molecule has 29 heavy (non-hydrogen) atoms. The van der Waals surface area contributed by atoms with Gasteiger partial charge in [-0.25, -0.2) is 4.79 Å². The summed E-state index contributed by atoms with van der Waals surface area (Å²) in [5.41, 5.74) is -0.312. The number of ether oxygens (including phenoxy) is 1. The summed E-state index contributed by atoms with van der Waals surface area (Å²) in [7, 11) is 0. The number of unbranched alkanes of at least 4 members (excludes halogenated alkanes) is 3. The number of hydrogen-bond acceptors (Lipinski definition) is 4. The molecule has 0 aromatic heterocycles.